The van der Waals surface area contributed by atoms with Crippen LogP contribution in [-0.2, 0) is 9.59 Å². The highest BCUT2D eigenvalue weighted by molar-refractivity contribution is 6.30. The van der Waals surface area contributed by atoms with E-state index in [1.165, 1.54) is 11.1 Å². The third-order valence-electron chi connectivity index (χ3n) is 8.91. The summed E-state index contributed by atoms with van der Waals surface area (Å²) >= 11 is 6.18. The third-order valence-corrected chi connectivity index (χ3v) is 9.17. The fraction of sp³-hybridized carbons (Fsp3) is 0.588. The second-order valence-electron chi connectivity index (χ2n) is 13.0. The summed E-state index contributed by atoms with van der Waals surface area (Å²) < 4.78 is 0. The number of nitrogens with one attached hydrogen (secondary N) is 1. The Morgan fingerprint density at radius 2 is 1.64 bits per heavy atom. The number of nitrogens with zero attached hydrogens (tertiary/aromatic N) is 4. The van der Waals surface area contributed by atoms with Gasteiger partial charge in [0.15, 0.2) is 0 Å². The van der Waals surface area contributed by atoms with Crippen LogP contribution >= 0.6 is 11.6 Å². The number of halogens is 1. The molecule has 230 valence electrons. The lowest BCUT2D eigenvalue weighted by molar-refractivity contribution is -0.136. The highest BCUT2D eigenvalue weighted by Gasteiger charge is 2.41. The monoisotopic (exact) mass is 595 g/mol. The first-order valence-corrected chi connectivity index (χ1v) is 15.9. The summed E-state index contributed by atoms with van der Waals surface area (Å²) in [7, 11) is 3.97. The van der Waals surface area contributed by atoms with E-state index in [1.54, 1.807) is 0 Å². The molecule has 8 heteroatoms. The Labute approximate surface area is 258 Å². The molecular weight excluding hydrogens is 546 g/mol. The zero-order valence-corrected chi connectivity index (χ0v) is 27.3. The summed E-state index contributed by atoms with van der Waals surface area (Å²) in [5, 5.41) is 4.05. The van der Waals surface area contributed by atoms with Crippen LogP contribution in [0.4, 0.5) is 5.69 Å². The highest BCUT2D eigenvalue weighted by atomic mass is 35.5. The molecule has 0 aromatic heterocycles. The Kier molecular flexibility index (Phi) is 11.0. The van der Waals surface area contributed by atoms with E-state index in [9.17, 15) is 9.59 Å². The fourth-order valence-electron chi connectivity index (χ4n) is 6.34. The molecule has 2 aromatic carbocycles. The number of carbonyl (C=O) groups excluding carboxylic acids is 2. The van der Waals surface area contributed by atoms with Gasteiger partial charge in [-0.3, -0.25) is 14.5 Å². The molecule has 2 heterocycles. The molecule has 2 amide bonds. The van der Waals surface area contributed by atoms with Crippen LogP contribution in [0.5, 0.6) is 0 Å². The molecule has 0 saturated carbocycles. The van der Waals surface area contributed by atoms with E-state index in [-0.39, 0.29) is 35.6 Å². The van der Waals surface area contributed by atoms with E-state index < -0.39 is 0 Å². The molecule has 0 spiro atoms. The van der Waals surface area contributed by atoms with Gasteiger partial charge in [0.25, 0.3) is 0 Å². The summed E-state index contributed by atoms with van der Waals surface area (Å²) in [4.78, 5) is 35.8. The molecule has 2 saturated heterocycles. The number of piperazine rings is 1. The van der Waals surface area contributed by atoms with Gasteiger partial charge in [-0.2, -0.15) is 0 Å². The second kappa shape index (κ2) is 14.2. The Morgan fingerprint density at radius 3 is 2.24 bits per heavy atom. The van der Waals surface area contributed by atoms with Crippen LogP contribution in [0, 0.1) is 18.8 Å². The molecule has 3 atom stereocenters. The number of hydrogen-bond donors (Lipinski definition) is 1. The summed E-state index contributed by atoms with van der Waals surface area (Å²) in [5.41, 5.74) is 4.69. The maximum Gasteiger partial charge on any atom is 0.227 e. The van der Waals surface area contributed by atoms with E-state index in [1.807, 2.05) is 31.1 Å². The Morgan fingerprint density at radius 1 is 0.976 bits per heavy atom. The molecule has 2 aliphatic heterocycles. The van der Waals surface area contributed by atoms with Gasteiger partial charge in [-0.1, -0.05) is 55.3 Å². The van der Waals surface area contributed by atoms with Crippen LogP contribution in [0.25, 0.3) is 0 Å². The van der Waals surface area contributed by atoms with Gasteiger partial charge in [-0.25, -0.2) is 0 Å². The van der Waals surface area contributed by atoms with Gasteiger partial charge >= 0.3 is 0 Å². The van der Waals surface area contributed by atoms with Crippen molar-refractivity contribution in [2.75, 3.05) is 64.8 Å². The quantitative estimate of drug-likeness (QED) is 0.410. The summed E-state index contributed by atoms with van der Waals surface area (Å²) in [6.45, 7) is 16.2. The second-order valence-corrected chi connectivity index (χ2v) is 13.5. The Balaban J connectivity index is 1.48. The predicted molar refractivity (Wildman–Crippen MR) is 173 cm³/mol. The zero-order chi connectivity index (χ0) is 30.6. The molecule has 1 N–H and O–H groups in total. The maximum absolute atomic E-state index is 14.0. The van der Waals surface area contributed by atoms with Crippen LogP contribution in [0.1, 0.15) is 62.8 Å². The average Bonchev–Trinajstić information content (AvgIpc) is 3.41. The Hall–Kier alpha value is -2.61. The number of likely N-dealkylation sites (tertiary alicyclic amines) is 1. The molecule has 0 bridgehead atoms. The lowest BCUT2D eigenvalue weighted by Crippen LogP contribution is -2.51. The van der Waals surface area contributed by atoms with Gasteiger partial charge in [0.1, 0.15) is 0 Å². The molecule has 2 aliphatic rings. The van der Waals surface area contributed by atoms with Crippen LogP contribution in [-0.4, -0.2) is 92.5 Å². The molecule has 0 aliphatic carbocycles. The average molecular weight is 596 g/mol. The van der Waals surface area contributed by atoms with E-state index in [4.69, 9.17) is 11.6 Å². The minimum Gasteiger partial charge on any atom is -0.368 e. The lowest BCUT2D eigenvalue weighted by Gasteiger charge is -2.39. The van der Waals surface area contributed by atoms with Crippen molar-refractivity contribution >= 4 is 29.1 Å². The van der Waals surface area contributed by atoms with Crippen molar-refractivity contribution < 1.29 is 9.59 Å². The normalized spacial score (nSPS) is 20.5. The number of carbonyl (C=O) groups is 2. The molecule has 42 heavy (non-hydrogen) atoms. The van der Waals surface area contributed by atoms with E-state index in [2.05, 4.69) is 85.0 Å². The van der Waals surface area contributed by atoms with Crippen LogP contribution < -0.4 is 10.2 Å². The molecule has 7 nitrogen and oxygen atoms in total. The first-order valence-electron chi connectivity index (χ1n) is 15.5. The number of aryl methyl sites for hydroxylation is 1. The molecule has 4 rings (SSSR count). The van der Waals surface area contributed by atoms with E-state index in [0.717, 1.165) is 49.0 Å². The molecule has 0 unspecified atom stereocenters. The van der Waals surface area contributed by atoms with Crippen molar-refractivity contribution in [3.8, 4) is 0 Å². The van der Waals surface area contributed by atoms with Crippen molar-refractivity contribution in [1.82, 2.24) is 20.0 Å². The van der Waals surface area contributed by atoms with E-state index >= 15 is 0 Å². The van der Waals surface area contributed by atoms with Gasteiger partial charge in [0, 0.05) is 74.9 Å². The summed E-state index contributed by atoms with van der Waals surface area (Å²) in [5.74, 6) is 0.690. The van der Waals surface area contributed by atoms with Gasteiger partial charge in [-0.15, -0.1) is 0 Å². The molecule has 2 aromatic rings. The van der Waals surface area contributed by atoms with Gasteiger partial charge in [-0.05, 0) is 70.1 Å². The van der Waals surface area contributed by atoms with E-state index in [0.29, 0.717) is 25.6 Å². The number of amides is 2. The van der Waals surface area contributed by atoms with Crippen LogP contribution in [0.15, 0.2) is 42.5 Å². The van der Waals surface area contributed by atoms with Crippen LogP contribution in [0.2, 0.25) is 5.02 Å². The summed E-state index contributed by atoms with van der Waals surface area (Å²) in [6.07, 6.45) is 0.477. The van der Waals surface area contributed by atoms with Crippen LogP contribution in [0.3, 0.4) is 0 Å². The van der Waals surface area contributed by atoms with Crippen molar-refractivity contribution in [1.29, 1.82) is 0 Å². The maximum atomic E-state index is 14.0. The zero-order valence-electron chi connectivity index (χ0n) is 26.6. The lowest BCUT2D eigenvalue weighted by atomic mass is 9.88. The first kappa shape index (κ1) is 32.3. The SMILES string of the molecule is Cc1ccc(N2CCN(C(=O)[C@H]3CN(C(C)C)C[C@H]3c3ccc(Cl)cc3)CC2)c([C@@H](NC(=O)CCN(C)C)C(C)C)c1. The van der Waals surface area contributed by atoms with Gasteiger partial charge < -0.3 is 20.0 Å². The minimum absolute atomic E-state index is 0.0576. The number of benzene rings is 2. The third kappa shape index (κ3) is 7.86. The van der Waals surface area contributed by atoms with Crippen molar-refractivity contribution in [2.45, 2.75) is 59.0 Å². The standard InChI is InChI=1S/C34H50ClN5O2/c1-23(2)33(36-32(41)14-15-37(6)7)28-20-25(5)8-13-31(28)38-16-18-39(19-17-38)34(42)30-22-40(24(3)4)21-29(30)26-9-11-27(35)12-10-26/h8-13,20,23-24,29-30,33H,14-19,21-22H2,1-7H3,(H,36,41)/t29-,30-,33-/m0/s1. The summed E-state index contributed by atoms with van der Waals surface area (Å²) in [6, 6.07) is 14.9. The fourth-order valence-corrected chi connectivity index (χ4v) is 6.47. The number of anilines is 1. The molecule has 0 radical (unpaired) electrons. The predicted octanol–water partition coefficient (Wildman–Crippen LogP) is 5.19. The van der Waals surface area contributed by atoms with Crippen molar-refractivity contribution in [3.63, 3.8) is 0 Å². The topological polar surface area (TPSA) is 59.1 Å². The number of rotatable bonds is 10. The van der Waals surface area contributed by atoms with Gasteiger partial charge in [0.2, 0.25) is 11.8 Å². The largest absolute Gasteiger partial charge is 0.368 e. The molecule has 2 fully saturated rings. The smallest absolute Gasteiger partial charge is 0.227 e. The highest BCUT2D eigenvalue weighted by Crippen LogP contribution is 2.37. The van der Waals surface area contributed by atoms with Crippen molar-refractivity contribution in [2.24, 2.45) is 11.8 Å². The Bertz CT molecular complexity index is 1210. The van der Waals surface area contributed by atoms with Crippen molar-refractivity contribution in [3.05, 3.63) is 64.2 Å². The first-order chi connectivity index (χ1) is 19.9. The number of hydrogen-bond acceptors (Lipinski definition) is 5. The minimum atomic E-state index is -0.0742. The van der Waals surface area contributed by atoms with Gasteiger partial charge in [0.05, 0.1) is 12.0 Å². The molecular formula is C34H50ClN5O2.